The van der Waals surface area contributed by atoms with Crippen LogP contribution in [0.1, 0.15) is 15.9 Å². The number of carbonyl (C=O) groups is 1. The Labute approximate surface area is 167 Å². The zero-order chi connectivity index (χ0) is 20.1. The summed E-state index contributed by atoms with van der Waals surface area (Å²) in [5.74, 6) is -0.513. The Balaban J connectivity index is 1.91. The molecule has 0 fully saturated rings. The predicted octanol–water partition coefficient (Wildman–Crippen LogP) is 2.52. The SMILES string of the molecule is CON(C)S(=O)(=O)c1cccc(C(=O)N=c2sccn2Cc2ccccc2)c1. The molecule has 0 bridgehead atoms. The first-order valence-electron chi connectivity index (χ1n) is 8.32. The summed E-state index contributed by atoms with van der Waals surface area (Å²) in [6.45, 7) is 0.587. The van der Waals surface area contributed by atoms with Gasteiger partial charge in [-0.3, -0.25) is 9.63 Å². The molecule has 0 saturated heterocycles. The molecule has 28 heavy (non-hydrogen) atoms. The van der Waals surface area contributed by atoms with E-state index in [4.69, 9.17) is 4.84 Å². The Hall–Kier alpha value is -2.59. The minimum Gasteiger partial charge on any atom is -0.319 e. The first-order chi connectivity index (χ1) is 13.4. The van der Waals surface area contributed by atoms with E-state index in [0.29, 0.717) is 11.3 Å². The quantitative estimate of drug-likeness (QED) is 0.577. The largest absolute Gasteiger partial charge is 0.319 e. The standard InChI is InChI=1S/C19H19N3O4S2/c1-21(26-2)28(24,25)17-10-6-9-16(13-17)18(23)20-19-22(11-12-27-19)14-15-7-4-3-5-8-15/h3-13H,14H2,1-2H3. The van der Waals surface area contributed by atoms with E-state index in [1.54, 1.807) is 0 Å². The van der Waals surface area contributed by atoms with E-state index < -0.39 is 15.9 Å². The normalized spacial score (nSPS) is 12.5. The van der Waals surface area contributed by atoms with Crippen LogP contribution in [0.15, 0.2) is 76.1 Å². The van der Waals surface area contributed by atoms with Crippen LogP contribution in [0.3, 0.4) is 0 Å². The lowest BCUT2D eigenvalue weighted by atomic mass is 10.2. The Kier molecular flexibility index (Phi) is 6.20. The third-order valence-electron chi connectivity index (χ3n) is 4.03. The van der Waals surface area contributed by atoms with Crippen molar-refractivity contribution in [2.75, 3.05) is 14.2 Å². The summed E-state index contributed by atoms with van der Waals surface area (Å²) in [4.78, 5) is 22.1. The predicted molar refractivity (Wildman–Crippen MR) is 106 cm³/mol. The molecule has 1 aromatic heterocycles. The number of nitrogens with zero attached hydrogens (tertiary/aromatic N) is 3. The van der Waals surface area contributed by atoms with Crippen molar-refractivity contribution in [1.29, 1.82) is 0 Å². The molecule has 0 N–H and O–H groups in total. The van der Waals surface area contributed by atoms with Crippen molar-refractivity contribution in [3.05, 3.63) is 82.1 Å². The maximum absolute atomic E-state index is 12.6. The second kappa shape index (κ2) is 8.61. The van der Waals surface area contributed by atoms with Gasteiger partial charge in [-0.2, -0.15) is 4.99 Å². The summed E-state index contributed by atoms with van der Waals surface area (Å²) in [5.41, 5.74) is 1.27. The number of sulfonamides is 1. The van der Waals surface area contributed by atoms with Gasteiger partial charge in [0.2, 0.25) is 0 Å². The number of hydrogen-bond acceptors (Lipinski definition) is 5. The number of benzene rings is 2. The zero-order valence-electron chi connectivity index (χ0n) is 15.3. The summed E-state index contributed by atoms with van der Waals surface area (Å²) in [6, 6.07) is 15.6. The molecule has 3 aromatic rings. The maximum Gasteiger partial charge on any atom is 0.279 e. The van der Waals surface area contributed by atoms with E-state index in [2.05, 4.69) is 4.99 Å². The van der Waals surface area contributed by atoms with Crippen LogP contribution in [0.2, 0.25) is 0 Å². The third kappa shape index (κ3) is 4.45. The van der Waals surface area contributed by atoms with E-state index in [1.807, 2.05) is 46.5 Å². The van der Waals surface area contributed by atoms with Crippen LogP contribution < -0.4 is 4.80 Å². The lowest BCUT2D eigenvalue weighted by molar-refractivity contribution is -0.0258. The van der Waals surface area contributed by atoms with Crippen LogP contribution in [-0.4, -0.2) is 37.5 Å². The fourth-order valence-corrected chi connectivity index (χ4v) is 4.22. The van der Waals surface area contributed by atoms with Gasteiger partial charge < -0.3 is 4.57 Å². The molecule has 0 spiro atoms. The van der Waals surface area contributed by atoms with Crippen molar-refractivity contribution in [3.63, 3.8) is 0 Å². The number of thiazole rings is 1. The minimum atomic E-state index is -3.84. The monoisotopic (exact) mass is 417 g/mol. The summed E-state index contributed by atoms with van der Waals surface area (Å²) in [5, 5.41) is 1.85. The molecule has 0 atom stereocenters. The molecule has 0 aliphatic rings. The molecule has 0 unspecified atom stereocenters. The van der Waals surface area contributed by atoms with Crippen molar-refractivity contribution in [1.82, 2.24) is 9.04 Å². The van der Waals surface area contributed by atoms with E-state index >= 15 is 0 Å². The highest BCUT2D eigenvalue weighted by molar-refractivity contribution is 7.89. The molecule has 0 aliphatic carbocycles. The molecule has 3 rings (SSSR count). The number of rotatable bonds is 6. The number of hydrogen-bond donors (Lipinski definition) is 0. The second-order valence-corrected chi connectivity index (χ2v) is 8.65. The van der Waals surface area contributed by atoms with Crippen LogP contribution >= 0.6 is 11.3 Å². The average Bonchev–Trinajstić information content (AvgIpc) is 3.14. The summed E-state index contributed by atoms with van der Waals surface area (Å²) >= 11 is 1.34. The van der Waals surface area contributed by atoms with Crippen molar-refractivity contribution in [2.45, 2.75) is 11.4 Å². The Bertz CT molecular complexity index is 1130. The molecular weight excluding hydrogens is 398 g/mol. The van der Waals surface area contributed by atoms with Crippen molar-refractivity contribution >= 4 is 27.3 Å². The lowest BCUT2D eigenvalue weighted by Crippen LogP contribution is -2.25. The molecule has 0 saturated carbocycles. The third-order valence-corrected chi connectivity index (χ3v) is 6.50. The van der Waals surface area contributed by atoms with Gasteiger partial charge in [0.05, 0.1) is 12.0 Å². The first-order valence-corrected chi connectivity index (χ1v) is 10.6. The Morgan fingerprint density at radius 2 is 1.93 bits per heavy atom. The molecule has 7 nitrogen and oxygen atoms in total. The van der Waals surface area contributed by atoms with Gasteiger partial charge in [-0.25, -0.2) is 8.42 Å². The maximum atomic E-state index is 12.6. The minimum absolute atomic E-state index is 0.0405. The van der Waals surface area contributed by atoms with Gasteiger partial charge in [0, 0.05) is 30.7 Å². The van der Waals surface area contributed by atoms with Crippen LogP contribution in [0.4, 0.5) is 0 Å². The fraction of sp³-hybridized carbons (Fsp3) is 0.158. The van der Waals surface area contributed by atoms with Gasteiger partial charge in [-0.05, 0) is 23.8 Å². The molecule has 2 aromatic carbocycles. The number of amides is 1. The first kappa shape index (κ1) is 20.2. The Morgan fingerprint density at radius 3 is 2.64 bits per heavy atom. The van der Waals surface area contributed by atoms with Gasteiger partial charge in [0.15, 0.2) is 4.80 Å². The highest BCUT2D eigenvalue weighted by Gasteiger charge is 2.21. The molecule has 1 amide bonds. The van der Waals surface area contributed by atoms with E-state index in [1.165, 1.54) is 49.8 Å². The highest BCUT2D eigenvalue weighted by atomic mass is 32.2. The zero-order valence-corrected chi connectivity index (χ0v) is 17.0. The lowest BCUT2D eigenvalue weighted by Gasteiger charge is -2.14. The van der Waals surface area contributed by atoms with Gasteiger partial charge in [-0.1, -0.05) is 40.9 Å². The van der Waals surface area contributed by atoms with Gasteiger partial charge in [-0.15, -0.1) is 11.3 Å². The summed E-state index contributed by atoms with van der Waals surface area (Å²) in [6.07, 6.45) is 1.86. The van der Waals surface area contributed by atoms with Crippen LogP contribution in [0.5, 0.6) is 0 Å². The number of hydroxylamine groups is 1. The highest BCUT2D eigenvalue weighted by Crippen LogP contribution is 2.16. The smallest absolute Gasteiger partial charge is 0.279 e. The topological polar surface area (TPSA) is 81.0 Å². The van der Waals surface area contributed by atoms with Crippen LogP contribution in [0.25, 0.3) is 0 Å². The van der Waals surface area contributed by atoms with Gasteiger partial charge >= 0.3 is 0 Å². The van der Waals surface area contributed by atoms with Crippen LogP contribution in [0, 0.1) is 0 Å². The number of carbonyl (C=O) groups excluding carboxylic acids is 1. The molecule has 0 radical (unpaired) electrons. The van der Waals surface area contributed by atoms with E-state index in [9.17, 15) is 13.2 Å². The second-order valence-electron chi connectivity index (χ2n) is 5.84. The fourth-order valence-electron chi connectivity index (χ4n) is 2.47. The van der Waals surface area contributed by atoms with Crippen molar-refractivity contribution < 1.29 is 18.0 Å². The molecule has 0 aliphatic heterocycles. The summed E-state index contributed by atoms with van der Waals surface area (Å²) in [7, 11) is -1.30. The Morgan fingerprint density at radius 1 is 1.18 bits per heavy atom. The molecule has 9 heteroatoms. The van der Waals surface area contributed by atoms with E-state index in [-0.39, 0.29) is 10.5 Å². The van der Waals surface area contributed by atoms with Crippen molar-refractivity contribution in [2.24, 2.45) is 4.99 Å². The average molecular weight is 418 g/mol. The van der Waals surface area contributed by atoms with Crippen molar-refractivity contribution in [3.8, 4) is 0 Å². The van der Waals surface area contributed by atoms with Crippen LogP contribution in [-0.2, 0) is 21.4 Å². The molecular formula is C19H19N3O4S2. The molecule has 1 heterocycles. The van der Waals surface area contributed by atoms with E-state index in [0.717, 1.165) is 10.0 Å². The van der Waals surface area contributed by atoms with Gasteiger partial charge in [0.25, 0.3) is 15.9 Å². The van der Waals surface area contributed by atoms with Gasteiger partial charge in [0.1, 0.15) is 0 Å². The molecule has 146 valence electrons. The number of aromatic nitrogens is 1. The summed E-state index contributed by atoms with van der Waals surface area (Å²) < 4.78 is 27.3.